The smallest absolute Gasteiger partial charge is 0.00144 e. The first-order valence-corrected chi connectivity index (χ1v) is 5.77. The fourth-order valence-electron chi connectivity index (χ4n) is 1.77. The molecular weight excluding hydrogens is 176 g/mol. The summed E-state index contributed by atoms with van der Waals surface area (Å²) in [6.45, 7) is 4.46. The van der Waals surface area contributed by atoms with Gasteiger partial charge < -0.3 is 0 Å². The standard InChI is InChI=1S/C12H14S/c1-3-9-5-11-7-13-8-12(11)6-10(9)4-2/h5-8H,3-4H2,1-2H3. The molecule has 2 rings (SSSR count). The molecule has 1 aromatic heterocycles. The van der Waals surface area contributed by atoms with Gasteiger partial charge in [-0.05, 0) is 45.5 Å². The van der Waals surface area contributed by atoms with Crippen molar-refractivity contribution in [3.8, 4) is 0 Å². The number of rotatable bonds is 2. The molecule has 1 heteroatoms. The maximum atomic E-state index is 2.34. The maximum Gasteiger partial charge on any atom is -0.00144 e. The van der Waals surface area contributed by atoms with Crippen molar-refractivity contribution in [2.24, 2.45) is 0 Å². The molecule has 0 nitrogen and oxygen atoms in total. The van der Waals surface area contributed by atoms with Crippen molar-refractivity contribution in [3.05, 3.63) is 34.0 Å². The zero-order chi connectivity index (χ0) is 9.26. The van der Waals surface area contributed by atoms with Gasteiger partial charge in [-0.3, -0.25) is 0 Å². The summed E-state index contributed by atoms with van der Waals surface area (Å²) in [7, 11) is 0. The summed E-state index contributed by atoms with van der Waals surface area (Å²) in [5.41, 5.74) is 3.02. The highest BCUT2D eigenvalue weighted by Crippen LogP contribution is 2.24. The van der Waals surface area contributed by atoms with Crippen molar-refractivity contribution in [1.82, 2.24) is 0 Å². The van der Waals surface area contributed by atoms with Gasteiger partial charge in [-0.1, -0.05) is 26.0 Å². The zero-order valence-corrected chi connectivity index (χ0v) is 8.95. The van der Waals surface area contributed by atoms with Gasteiger partial charge in [-0.2, -0.15) is 11.3 Å². The first kappa shape index (κ1) is 8.76. The average molecular weight is 190 g/mol. The highest BCUT2D eigenvalue weighted by molar-refractivity contribution is 7.09. The normalized spacial score (nSPS) is 10.9. The van der Waals surface area contributed by atoms with Gasteiger partial charge in [-0.25, -0.2) is 0 Å². The van der Waals surface area contributed by atoms with E-state index in [1.807, 2.05) is 0 Å². The van der Waals surface area contributed by atoms with E-state index in [-0.39, 0.29) is 0 Å². The predicted molar refractivity (Wildman–Crippen MR) is 60.6 cm³/mol. The highest BCUT2D eigenvalue weighted by atomic mass is 32.1. The van der Waals surface area contributed by atoms with Gasteiger partial charge in [0.05, 0.1) is 0 Å². The molecule has 0 atom stereocenters. The quantitative estimate of drug-likeness (QED) is 0.670. The summed E-state index contributed by atoms with van der Waals surface area (Å²) in [5.74, 6) is 0. The van der Waals surface area contributed by atoms with Crippen LogP contribution in [0, 0.1) is 0 Å². The number of thiophene rings is 1. The van der Waals surface area contributed by atoms with Crippen LogP contribution in [0.5, 0.6) is 0 Å². The Hall–Kier alpha value is -0.820. The van der Waals surface area contributed by atoms with E-state index in [2.05, 4.69) is 36.7 Å². The lowest BCUT2D eigenvalue weighted by atomic mass is 10.00. The Kier molecular flexibility index (Phi) is 2.36. The summed E-state index contributed by atoms with van der Waals surface area (Å²) < 4.78 is 0. The molecule has 1 aromatic carbocycles. The Morgan fingerprint density at radius 3 is 1.77 bits per heavy atom. The minimum Gasteiger partial charge on any atom is -0.151 e. The van der Waals surface area contributed by atoms with Crippen molar-refractivity contribution in [1.29, 1.82) is 0 Å². The van der Waals surface area contributed by atoms with Crippen molar-refractivity contribution in [2.75, 3.05) is 0 Å². The first-order chi connectivity index (χ1) is 6.35. The first-order valence-electron chi connectivity index (χ1n) is 4.82. The van der Waals surface area contributed by atoms with Crippen LogP contribution in [0.4, 0.5) is 0 Å². The number of hydrogen-bond acceptors (Lipinski definition) is 1. The molecule has 0 bridgehead atoms. The summed E-state index contributed by atoms with van der Waals surface area (Å²) in [4.78, 5) is 0. The van der Waals surface area contributed by atoms with Gasteiger partial charge in [0, 0.05) is 0 Å². The van der Waals surface area contributed by atoms with Crippen molar-refractivity contribution in [2.45, 2.75) is 26.7 Å². The zero-order valence-electron chi connectivity index (χ0n) is 8.13. The summed E-state index contributed by atoms with van der Waals surface area (Å²) in [5, 5.41) is 7.26. The number of benzene rings is 1. The molecular formula is C12H14S. The van der Waals surface area contributed by atoms with E-state index in [0.717, 1.165) is 12.8 Å². The van der Waals surface area contributed by atoms with Crippen LogP contribution in [0.25, 0.3) is 10.8 Å². The van der Waals surface area contributed by atoms with Gasteiger partial charge in [0.1, 0.15) is 0 Å². The highest BCUT2D eigenvalue weighted by Gasteiger charge is 2.01. The lowest BCUT2D eigenvalue weighted by Crippen LogP contribution is -1.89. The topological polar surface area (TPSA) is 0 Å². The molecule has 0 aliphatic heterocycles. The number of hydrogen-bond donors (Lipinski definition) is 0. The molecule has 0 N–H and O–H groups in total. The van der Waals surface area contributed by atoms with E-state index in [4.69, 9.17) is 0 Å². The average Bonchev–Trinajstić information content (AvgIpc) is 2.62. The molecule has 0 saturated heterocycles. The molecule has 0 spiro atoms. The summed E-state index contributed by atoms with van der Waals surface area (Å²) in [6.07, 6.45) is 2.30. The largest absolute Gasteiger partial charge is 0.151 e. The van der Waals surface area contributed by atoms with Crippen LogP contribution in [0.1, 0.15) is 25.0 Å². The molecule has 0 aliphatic rings. The van der Waals surface area contributed by atoms with Gasteiger partial charge in [0.15, 0.2) is 0 Å². The SMILES string of the molecule is CCc1cc2cscc2cc1CC. The van der Waals surface area contributed by atoms with Crippen LogP contribution in [0.2, 0.25) is 0 Å². The van der Waals surface area contributed by atoms with Crippen LogP contribution >= 0.6 is 11.3 Å². The van der Waals surface area contributed by atoms with Crippen molar-refractivity contribution < 1.29 is 0 Å². The molecule has 0 saturated carbocycles. The van der Waals surface area contributed by atoms with Crippen LogP contribution in [0.15, 0.2) is 22.9 Å². The van der Waals surface area contributed by atoms with Gasteiger partial charge >= 0.3 is 0 Å². The third-order valence-electron chi connectivity index (χ3n) is 2.56. The van der Waals surface area contributed by atoms with Gasteiger partial charge in [-0.15, -0.1) is 0 Å². The molecule has 0 fully saturated rings. The second-order valence-electron chi connectivity index (χ2n) is 3.33. The van der Waals surface area contributed by atoms with Crippen molar-refractivity contribution >= 4 is 22.1 Å². The molecule has 1 heterocycles. The molecule has 0 amide bonds. The van der Waals surface area contributed by atoms with Gasteiger partial charge in [0.25, 0.3) is 0 Å². The van der Waals surface area contributed by atoms with Crippen molar-refractivity contribution in [3.63, 3.8) is 0 Å². The van der Waals surface area contributed by atoms with E-state index in [1.165, 1.54) is 21.9 Å². The second kappa shape index (κ2) is 3.51. The fraction of sp³-hybridized carbons (Fsp3) is 0.333. The van der Waals surface area contributed by atoms with E-state index in [0.29, 0.717) is 0 Å². The van der Waals surface area contributed by atoms with E-state index in [1.54, 1.807) is 11.3 Å². The Balaban J connectivity index is 2.67. The Labute approximate surface area is 83.2 Å². The number of aryl methyl sites for hydroxylation is 2. The molecule has 13 heavy (non-hydrogen) atoms. The Morgan fingerprint density at radius 1 is 0.923 bits per heavy atom. The second-order valence-corrected chi connectivity index (χ2v) is 4.07. The Bertz CT molecular complexity index is 374. The third-order valence-corrected chi connectivity index (χ3v) is 3.34. The van der Waals surface area contributed by atoms with Crippen LogP contribution < -0.4 is 0 Å². The lowest BCUT2D eigenvalue weighted by molar-refractivity contribution is 1.04. The fourth-order valence-corrected chi connectivity index (χ4v) is 2.54. The lowest BCUT2D eigenvalue weighted by Gasteiger charge is -2.05. The van der Waals surface area contributed by atoms with Crippen LogP contribution in [0.3, 0.4) is 0 Å². The summed E-state index contributed by atoms with van der Waals surface area (Å²) >= 11 is 1.79. The molecule has 0 unspecified atom stereocenters. The molecule has 0 aliphatic carbocycles. The Morgan fingerprint density at radius 2 is 1.38 bits per heavy atom. The van der Waals surface area contributed by atoms with E-state index < -0.39 is 0 Å². The maximum absolute atomic E-state index is 2.34. The molecule has 0 radical (unpaired) electrons. The third kappa shape index (κ3) is 1.49. The monoisotopic (exact) mass is 190 g/mol. The van der Waals surface area contributed by atoms with E-state index >= 15 is 0 Å². The molecule has 2 aromatic rings. The minimum absolute atomic E-state index is 1.15. The van der Waals surface area contributed by atoms with Crippen LogP contribution in [-0.4, -0.2) is 0 Å². The number of fused-ring (bicyclic) bond motifs is 1. The molecule has 68 valence electrons. The summed E-state index contributed by atoms with van der Waals surface area (Å²) in [6, 6.07) is 4.68. The van der Waals surface area contributed by atoms with Gasteiger partial charge in [0.2, 0.25) is 0 Å². The minimum atomic E-state index is 1.15. The van der Waals surface area contributed by atoms with E-state index in [9.17, 15) is 0 Å². The van der Waals surface area contributed by atoms with Crippen LogP contribution in [-0.2, 0) is 12.8 Å². The predicted octanol–water partition coefficient (Wildman–Crippen LogP) is 4.03.